The van der Waals surface area contributed by atoms with Gasteiger partial charge < -0.3 is 49.1 Å². The van der Waals surface area contributed by atoms with Crippen molar-refractivity contribution in [3.63, 3.8) is 0 Å². The first-order valence-corrected chi connectivity index (χ1v) is 15.7. The average molecular weight is 1050 g/mol. The van der Waals surface area contributed by atoms with Gasteiger partial charge in [0.15, 0.2) is 46.5 Å². The summed E-state index contributed by atoms with van der Waals surface area (Å²) in [5.74, 6) is -24.4. The predicted molar refractivity (Wildman–Crippen MR) is 163 cm³/mol. The third-order valence-corrected chi connectivity index (χ3v) is 6.57. The molecule has 0 spiro atoms. The van der Waals surface area contributed by atoms with E-state index in [1.54, 1.807) is 0 Å². The van der Waals surface area contributed by atoms with Gasteiger partial charge >= 0.3 is 39.0 Å². The van der Waals surface area contributed by atoms with Crippen molar-refractivity contribution in [3.8, 4) is 0 Å². The van der Waals surface area contributed by atoms with Gasteiger partial charge in [0.1, 0.15) is 23.3 Å². The molecule has 10 nitrogen and oxygen atoms in total. The van der Waals surface area contributed by atoms with Crippen molar-refractivity contribution < 1.29 is 141 Å². The van der Waals surface area contributed by atoms with Gasteiger partial charge in [0.05, 0.1) is 23.9 Å². The van der Waals surface area contributed by atoms with E-state index in [4.69, 9.17) is 9.47 Å². The van der Waals surface area contributed by atoms with Crippen LogP contribution in [0.1, 0.15) is 67.1 Å². The van der Waals surface area contributed by atoms with E-state index < -0.39 is 116 Å². The van der Waals surface area contributed by atoms with E-state index in [9.17, 15) is 92.3 Å². The van der Waals surface area contributed by atoms with E-state index in [1.807, 2.05) is 0 Å². The van der Waals surface area contributed by atoms with E-state index in [0.29, 0.717) is 0 Å². The molecule has 0 unspecified atom stereocenters. The molecule has 2 heterocycles. The van der Waals surface area contributed by atoms with Gasteiger partial charge in [-0.05, 0) is 49.9 Å². The molecule has 0 atom stereocenters. The third-order valence-electron chi connectivity index (χ3n) is 6.57. The van der Waals surface area contributed by atoms with Crippen LogP contribution in [0, 0.1) is 69.8 Å². The summed E-state index contributed by atoms with van der Waals surface area (Å²) in [5, 5.41) is 40.2. The van der Waals surface area contributed by atoms with Gasteiger partial charge in [-0.3, -0.25) is 0 Å². The SMILES string of the molecule is C1CCOC1.C1CCOC1.O=C([O-])c1cc(F)c(F)cc1F.O=C([O-])c1cc(F)c(F)cc1F.O=C([O-])c1cc(F)c(F)cc1F.O=C([O-])c1cc(F)c(F)cc1F.[Ru+2].[Ru+2]. The van der Waals surface area contributed by atoms with Crippen molar-refractivity contribution in [1.29, 1.82) is 0 Å². The molecule has 0 bridgehead atoms. The number of carboxylic acids is 4. The number of halogens is 12. The fourth-order valence-corrected chi connectivity index (χ4v) is 3.74. The Balaban J connectivity index is 0. The Morgan fingerprint density at radius 3 is 0.583 bits per heavy atom. The van der Waals surface area contributed by atoms with E-state index in [-0.39, 0.29) is 87.5 Å². The maximum Gasteiger partial charge on any atom is 2.00 e. The van der Waals surface area contributed by atoms with Gasteiger partial charge in [-0.2, -0.15) is 0 Å². The van der Waals surface area contributed by atoms with Gasteiger partial charge in [-0.25, -0.2) is 52.7 Å². The molecule has 0 aliphatic carbocycles. The molecule has 0 saturated carbocycles. The molecule has 6 rings (SSSR count). The van der Waals surface area contributed by atoms with Gasteiger partial charge in [0.2, 0.25) is 0 Å². The number of hydrogen-bond donors (Lipinski definition) is 0. The fourth-order valence-electron chi connectivity index (χ4n) is 3.74. The largest absolute Gasteiger partial charge is 2.00 e. The van der Waals surface area contributed by atoms with Gasteiger partial charge in [-0.15, -0.1) is 0 Å². The Labute approximate surface area is 356 Å². The molecule has 0 radical (unpaired) electrons. The second-order valence-corrected chi connectivity index (χ2v) is 10.8. The molecule has 0 aromatic heterocycles. The second-order valence-electron chi connectivity index (χ2n) is 10.8. The van der Waals surface area contributed by atoms with Crippen LogP contribution in [0.2, 0.25) is 0 Å². The van der Waals surface area contributed by atoms with Crippen molar-refractivity contribution in [3.05, 3.63) is 141 Å². The van der Waals surface area contributed by atoms with Crippen molar-refractivity contribution in [2.24, 2.45) is 0 Å². The monoisotopic (exact) mass is 1050 g/mol. The minimum Gasteiger partial charge on any atom is -0.545 e. The number of ether oxygens (including phenoxy) is 2. The van der Waals surface area contributed by atoms with Crippen LogP contribution in [0.15, 0.2) is 48.5 Å². The summed E-state index contributed by atoms with van der Waals surface area (Å²) in [6.07, 6.45) is 5.11. The number of carboxylic acid groups (broad SMARTS) is 4. The first-order chi connectivity index (χ1) is 27.1. The zero-order valence-electron chi connectivity index (χ0n) is 29.6. The van der Waals surface area contributed by atoms with Crippen molar-refractivity contribution in [1.82, 2.24) is 0 Å². The summed E-state index contributed by atoms with van der Waals surface area (Å²) in [7, 11) is 0. The number of benzene rings is 4. The standard InChI is InChI=1S/4C7H3F3O2.2C4H8O.2Ru/c4*8-4-2-6(10)5(9)1-3(4)7(11)12;2*1-2-4-5-3-1;;/h4*1-2H,(H,11,12);2*1-4H2;;/q;;;;;;2*+2/p-4. The normalized spacial score (nSPS) is 11.9. The molecule has 2 aliphatic heterocycles. The van der Waals surface area contributed by atoms with Gasteiger partial charge in [0, 0.05) is 72.9 Å². The van der Waals surface area contributed by atoms with Crippen LogP contribution in [0.4, 0.5) is 52.7 Å². The fraction of sp³-hybridized carbons (Fsp3) is 0.222. The Morgan fingerprint density at radius 2 is 0.467 bits per heavy atom. The zero-order valence-corrected chi connectivity index (χ0v) is 33.1. The third kappa shape index (κ3) is 19.9. The number of aromatic carboxylic acids is 4. The second kappa shape index (κ2) is 28.5. The summed E-state index contributed by atoms with van der Waals surface area (Å²) in [4.78, 5) is 40.2. The topological polar surface area (TPSA) is 179 Å². The van der Waals surface area contributed by atoms with E-state index in [0.717, 1.165) is 26.4 Å². The average Bonchev–Trinajstić information content (AvgIpc) is 3.92. The Morgan fingerprint density at radius 1 is 0.317 bits per heavy atom. The molecule has 2 saturated heterocycles. The van der Waals surface area contributed by atoms with Gasteiger partial charge in [0.25, 0.3) is 0 Å². The molecule has 0 amide bonds. The Hall–Kier alpha value is -4.91. The van der Waals surface area contributed by atoms with Crippen LogP contribution in [0.3, 0.4) is 0 Å². The molecule has 60 heavy (non-hydrogen) atoms. The molecule has 2 fully saturated rings. The van der Waals surface area contributed by atoms with Crippen LogP contribution in [0.5, 0.6) is 0 Å². The molecule has 24 heteroatoms. The number of carbonyl (C=O) groups is 4. The molecule has 0 N–H and O–H groups in total. The number of rotatable bonds is 4. The summed E-state index contributed by atoms with van der Waals surface area (Å²) >= 11 is 0. The van der Waals surface area contributed by atoms with Gasteiger partial charge in [-0.1, -0.05) is 0 Å². The molecule has 2 aliphatic rings. The molecular formula is C36H24F12O10Ru2. The summed E-state index contributed by atoms with van der Waals surface area (Å²) in [6.45, 7) is 4.00. The van der Waals surface area contributed by atoms with Crippen LogP contribution in [-0.2, 0) is 48.4 Å². The molecule has 4 aromatic rings. The Bertz CT molecular complexity index is 1770. The maximum absolute atomic E-state index is 12.5. The molecule has 4 aromatic carbocycles. The molecular weight excluding hydrogens is 1020 g/mol. The summed E-state index contributed by atoms with van der Waals surface area (Å²) in [6, 6.07) is 1.56. The van der Waals surface area contributed by atoms with E-state index in [2.05, 4.69) is 0 Å². The minimum absolute atomic E-state index is 0. The predicted octanol–water partition coefficient (Wildman–Crippen LogP) is 3.46. The van der Waals surface area contributed by atoms with E-state index in [1.165, 1.54) is 25.7 Å². The first kappa shape index (κ1) is 57.2. The minimum atomic E-state index is -1.88. The quantitative estimate of drug-likeness (QED) is 0.167. The number of hydrogen-bond acceptors (Lipinski definition) is 10. The van der Waals surface area contributed by atoms with E-state index >= 15 is 0 Å². The zero-order chi connectivity index (χ0) is 44.3. The summed E-state index contributed by atoms with van der Waals surface area (Å²) in [5.41, 5.74) is -3.97. The van der Waals surface area contributed by atoms with Crippen LogP contribution >= 0.6 is 0 Å². The van der Waals surface area contributed by atoms with Crippen LogP contribution < -0.4 is 20.4 Å². The molecule has 328 valence electrons. The smallest absolute Gasteiger partial charge is 0.545 e. The Kier molecular flexibility index (Phi) is 27.2. The number of carbonyl (C=O) groups excluding carboxylic acids is 4. The van der Waals surface area contributed by atoms with Crippen molar-refractivity contribution in [2.45, 2.75) is 25.7 Å². The van der Waals surface area contributed by atoms with Crippen LogP contribution in [-0.4, -0.2) is 50.3 Å². The van der Waals surface area contributed by atoms with Crippen molar-refractivity contribution >= 4 is 23.9 Å². The summed E-state index contributed by atoms with van der Waals surface area (Å²) < 4.78 is 158. The van der Waals surface area contributed by atoms with Crippen molar-refractivity contribution in [2.75, 3.05) is 26.4 Å². The maximum atomic E-state index is 12.5. The van der Waals surface area contributed by atoms with Crippen LogP contribution in [0.25, 0.3) is 0 Å². The first-order valence-electron chi connectivity index (χ1n) is 15.7.